The van der Waals surface area contributed by atoms with Gasteiger partial charge in [-0.1, -0.05) is 37.5 Å². The summed E-state index contributed by atoms with van der Waals surface area (Å²) in [6, 6.07) is 9.42. The summed E-state index contributed by atoms with van der Waals surface area (Å²) in [7, 11) is 0. The highest BCUT2D eigenvalue weighted by Gasteiger charge is 2.13. The van der Waals surface area contributed by atoms with Crippen LogP contribution >= 0.6 is 0 Å². The first-order chi connectivity index (χ1) is 13.3. The van der Waals surface area contributed by atoms with Gasteiger partial charge in [0.1, 0.15) is 12.3 Å². The van der Waals surface area contributed by atoms with Crippen LogP contribution < -0.4 is 10.1 Å². The van der Waals surface area contributed by atoms with Crippen LogP contribution in [0.2, 0.25) is 0 Å². The lowest BCUT2D eigenvalue weighted by molar-refractivity contribution is -0.122. The smallest absolute Gasteiger partial charge is 0.243 e. The third kappa shape index (κ3) is 6.97. The normalized spacial score (nSPS) is 14.8. The Balaban J connectivity index is 1.28. The van der Waals surface area contributed by atoms with Crippen LogP contribution in [0, 0.1) is 0 Å². The van der Waals surface area contributed by atoms with Crippen LogP contribution in [0.3, 0.4) is 0 Å². The number of para-hydroxylation sites is 1. The Kier molecular flexibility index (Phi) is 7.58. The topological polar surface area (TPSA) is 91.2 Å². The predicted molar refractivity (Wildman–Crippen MR) is 99.0 cm³/mol. The van der Waals surface area contributed by atoms with Crippen molar-refractivity contribution in [1.29, 1.82) is 0 Å². The standard InChI is InChI=1S/C19H27N5O3/c25-19(20-12-7-13-26-16-8-3-1-4-9-16)14-24-22-18(21-23-24)15-27-17-10-5-2-6-11-17/h2,5-6,10-11,16H,1,3-4,7-9,12-15H2,(H,20,25). The largest absolute Gasteiger partial charge is 0.485 e. The van der Waals surface area contributed by atoms with E-state index in [0.29, 0.717) is 25.1 Å². The number of amides is 1. The van der Waals surface area contributed by atoms with Crippen molar-refractivity contribution in [2.45, 2.75) is 57.8 Å². The molecule has 1 fully saturated rings. The second-order valence-corrected chi connectivity index (χ2v) is 6.67. The highest BCUT2D eigenvalue weighted by Crippen LogP contribution is 2.20. The lowest BCUT2D eigenvalue weighted by Crippen LogP contribution is -2.30. The van der Waals surface area contributed by atoms with Gasteiger partial charge < -0.3 is 14.8 Å². The summed E-state index contributed by atoms with van der Waals surface area (Å²) in [5, 5.41) is 14.8. The third-order valence-corrected chi connectivity index (χ3v) is 4.44. The van der Waals surface area contributed by atoms with Crippen molar-refractivity contribution in [2.24, 2.45) is 0 Å². The van der Waals surface area contributed by atoms with Crippen LogP contribution in [0.25, 0.3) is 0 Å². The number of aromatic nitrogens is 4. The number of hydrogen-bond acceptors (Lipinski definition) is 6. The Morgan fingerprint density at radius 1 is 1.19 bits per heavy atom. The van der Waals surface area contributed by atoms with Crippen LogP contribution in [0.1, 0.15) is 44.3 Å². The monoisotopic (exact) mass is 373 g/mol. The van der Waals surface area contributed by atoms with E-state index >= 15 is 0 Å². The van der Waals surface area contributed by atoms with Crippen molar-refractivity contribution >= 4 is 5.91 Å². The minimum Gasteiger partial charge on any atom is -0.485 e. The van der Waals surface area contributed by atoms with Crippen molar-refractivity contribution < 1.29 is 14.3 Å². The lowest BCUT2D eigenvalue weighted by atomic mass is 9.98. The maximum Gasteiger partial charge on any atom is 0.243 e. The van der Waals surface area contributed by atoms with E-state index in [4.69, 9.17) is 9.47 Å². The van der Waals surface area contributed by atoms with E-state index in [1.807, 2.05) is 30.3 Å². The Morgan fingerprint density at radius 2 is 2.00 bits per heavy atom. The molecule has 1 aliphatic carbocycles. The fraction of sp³-hybridized carbons (Fsp3) is 0.579. The molecule has 1 aromatic carbocycles. The number of ether oxygens (including phenoxy) is 2. The first-order valence-electron chi connectivity index (χ1n) is 9.62. The molecule has 8 nitrogen and oxygen atoms in total. The Hall–Kier alpha value is -2.48. The molecule has 1 amide bonds. The van der Waals surface area contributed by atoms with Gasteiger partial charge in [0.05, 0.1) is 6.10 Å². The van der Waals surface area contributed by atoms with Gasteiger partial charge in [-0.15, -0.1) is 10.2 Å². The zero-order chi connectivity index (χ0) is 18.7. The summed E-state index contributed by atoms with van der Waals surface area (Å²) >= 11 is 0. The van der Waals surface area contributed by atoms with E-state index in [0.717, 1.165) is 12.2 Å². The minimum absolute atomic E-state index is 0.0435. The highest BCUT2D eigenvalue weighted by molar-refractivity contribution is 5.75. The zero-order valence-corrected chi connectivity index (χ0v) is 15.5. The van der Waals surface area contributed by atoms with Gasteiger partial charge in [-0.05, 0) is 36.6 Å². The van der Waals surface area contributed by atoms with Crippen molar-refractivity contribution in [1.82, 2.24) is 25.5 Å². The number of carbonyl (C=O) groups excluding carboxylic acids is 1. The minimum atomic E-state index is -0.138. The van der Waals surface area contributed by atoms with Gasteiger partial charge in [0.2, 0.25) is 11.7 Å². The van der Waals surface area contributed by atoms with E-state index in [1.165, 1.54) is 36.9 Å². The predicted octanol–water partition coefficient (Wildman–Crippen LogP) is 2.11. The third-order valence-electron chi connectivity index (χ3n) is 4.44. The van der Waals surface area contributed by atoms with Gasteiger partial charge in [-0.25, -0.2) is 0 Å². The molecule has 0 bridgehead atoms. The molecule has 0 saturated heterocycles. The lowest BCUT2D eigenvalue weighted by Gasteiger charge is -2.21. The van der Waals surface area contributed by atoms with E-state index in [9.17, 15) is 4.79 Å². The van der Waals surface area contributed by atoms with Crippen molar-refractivity contribution in [2.75, 3.05) is 13.2 Å². The SMILES string of the molecule is O=C(Cn1nnc(COc2ccccc2)n1)NCCCOC1CCCCC1. The molecule has 1 aliphatic rings. The van der Waals surface area contributed by atoms with Gasteiger partial charge >= 0.3 is 0 Å². The van der Waals surface area contributed by atoms with Gasteiger partial charge in [-0.3, -0.25) is 4.79 Å². The van der Waals surface area contributed by atoms with Gasteiger partial charge in [-0.2, -0.15) is 4.80 Å². The highest BCUT2D eigenvalue weighted by atomic mass is 16.5. The molecule has 1 saturated carbocycles. The van der Waals surface area contributed by atoms with Crippen LogP contribution in [0.5, 0.6) is 5.75 Å². The molecule has 0 radical (unpaired) electrons. The molecule has 0 spiro atoms. The zero-order valence-electron chi connectivity index (χ0n) is 15.5. The summed E-state index contributed by atoms with van der Waals surface area (Å²) in [5.74, 6) is 1.04. The quantitative estimate of drug-likeness (QED) is 0.642. The molecule has 1 N–H and O–H groups in total. The van der Waals surface area contributed by atoms with E-state index in [2.05, 4.69) is 20.7 Å². The maximum absolute atomic E-state index is 12.0. The number of benzene rings is 1. The van der Waals surface area contributed by atoms with Crippen LogP contribution in [0.4, 0.5) is 0 Å². The number of nitrogens with zero attached hydrogens (tertiary/aromatic N) is 4. The van der Waals surface area contributed by atoms with Gasteiger partial charge in [0.25, 0.3) is 0 Å². The first kappa shape index (κ1) is 19.3. The fourth-order valence-corrected chi connectivity index (χ4v) is 3.03. The van der Waals surface area contributed by atoms with Crippen LogP contribution in [0.15, 0.2) is 30.3 Å². The molecule has 27 heavy (non-hydrogen) atoms. The number of nitrogens with one attached hydrogen (secondary N) is 1. The molecule has 0 atom stereocenters. The van der Waals surface area contributed by atoms with Crippen molar-refractivity contribution in [3.8, 4) is 5.75 Å². The molecule has 0 aliphatic heterocycles. The molecular formula is C19H27N5O3. The Labute approximate surface area is 159 Å². The molecule has 146 valence electrons. The number of hydrogen-bond donors (Lipinski definition) is 1. The van der Waals surface area contributed by atoms with Crippen LogP contribution in [-0.2, 0) is 22.7 Å². The molecular weight excluding hydrogens is 346 g/mol. The number of carbonyl (C=O) groups is 1. The average molecular weight is 373 g/mol. The van der Waals surface area contributed by atoms with E-state index < -0.39 is 0 Å². The summed E-state index contributed by atoms with van der Waals surface area (Å²) in [4.78, 5) is 13.2. The molecule has 1 heterocycles. The second kappa shape index (κ2) is 10.6. The van der Waals surface area contributed by atoms with Crippen molar-refractivity contribution in [3.05, 3.63) is 36.2 Å². The summed E-state index contributed by atoms with van der Waals surface area (Å²) in [6.45, 7) is 1.53. The van der Waals surface area contributed by atoms with Crippen molar-refractivity contribution in [3.63, 3.8) is 0 Å². The number of rotatable bonds is 10. The molecule has 1 aromatic heterocycles. The number of tetrazole rings is 1. The first-order valence-corrected chi connectivity index (χ1v) is 9.62. The average Bonchev–Trinajstić information content (AvgIpc) is 3.15. The Bertz CT molecular complexity index is 686. The molecule has 3 rings (SSSR count). The Morgan fingerprint density at radius 3 is 2.81 bits per heavy atom. The van der Waals surface area contributed by atoms with Crippen LogP contribution in [-0.4, -0.2) is 45.4 Å². The maximum atomic E-state index is 12.0. The van der Waals surface area contributed by atoms with E-state index in [1.54, 1.807) is 0 Å². The van der Waals surface area contributed by atoms with Gasteiger partial charge in [0.15, 0.2) is 6.61 Å². The van der Waals surface area contributed by atoms with Gasteiger partial charge in [0, 0.05) is 13.2 Å². The summed E-state index contributed by atoms with van der Waals surface area (Å²) in [5.41, 5.74) is 0. The summed E-state index contributed by atoms with van der Waals surface area (Å²) in [6.07, 6.45) is 7.41. The molecule has 0 unspecified atom stereocenters. The fourth-order valence-electron chi connectivity index (χ4n) is 3.03. The second-order valence-electron chi connectivity index (χ2n) is 6.67. The van der Waals surface area contributed by atoms with E-state index in [-0.39, 0.29) is 19.1 Å². The molecule has 2 aromatic rings. The summed E-state index contributed by atoms with van der Waals surface area (Å²) < 4.78 is 11.4. The molecule has 8 heteroatoms.